The van der Waals surface area contributed by atoms with Gasteiger partial charge in [0.15, 0.2) is 0 Å². The highest BCUT2D eigenvalue weighted by molar-refractivity contribution is 5.64. The third-order valence-corrected chi connectivity index (χ3v) is 7.83. The Kier molecular flexibility index (Phi) is 5.42. The van der Waals surface area contributed by atoms with Crippen LogP contribution >= 0.6 is 0 Å². The normalized spacial score (nSPS) is 21.6. The van der Waals surface area contributed by atoms with Crippen molar-refractivity contribution in [1.82, 2.24) is 14.9 Å². The summed E-state index contributed by atoms with van der Waals surface area (Å²) in [6, 6.07) is 14.4. The number of nitrogens with zero attached hydrogens (tertiary/aromatic N) is 4. The topological polar surface area (TPSA) is 74.0 Å². The highest BCUT2D eigenvalue weighted by Gasteiger charge is 2.34. The smallest absolute Gasteiger partial charge is 0.263 e. The van der Waals surface area contributed by atoms with Gasteiger partial charge in [-0.15, -0.1) is 0 Å². The largest absolute Gasteiger partial charge is 0.356 e. The summed E-state index contributed by atoms with van der Waals surface area (Å²) in [5, 5.41) is 12.7. The molecule has 0 bridgehead atoms. The minimum Gasteiger partial charge on any atom is -0.356 e. The second-order valence-corrected chi connectivity index (χ2v) is 10.1. The van der Waals surface area contributed by atoms with E-state index in [0.29, 0.717) is 46.2 Å². The van der Waals surface area contributed by atoms with Gasteiger partial charge in [-0.2, -0.15) is 5.26 Å². The van der Waals surface area contributed by atoms with E-state index < -0.39 is 5.82 Å². The summed E-state index contributed by atoms with van der Waals surface area (Å²) in [6.07, 6.45) is 3.47. The van der Waals surface area contributed by atoms with Crippen molar-refractivity contribution in [3.63, 3.8) is 0 Å². The highest BCUT2D eigenvalue weighted by atomic mass is 19.1. The predicted molar refractivity (Wildman–Crippen MR) is 133 cm³/mol. The molecule has 2 atom stereocenters. The van der Waals surface area contributed by atoms with Crippen LogP contribution in [0, 0.1) is 35.9 Å². The summed E-state index contributed by atoms with van der Waals surface area (Å²) in [4.78, 5) is 21.1. The first-order chi connectivity index (χ1) is 17.0. The SMILES string of the molecule is Cc1c(N2CCC3CNCC3C2)nc(-c2ccc(C#N)c(F)c2)n(-c2ccc(C3CC3)cc2)c1=O. The van der Waals surface area contributed by atoms with E-state index in [4.69, 9.17) is 4.98 Å². The molecule has 1 aromatic heterocycles. The van der Waals surface area contributed by atoms with Gasteiger partial charge in [-0.3, -0.25) is 9.36 Å². The van der Waals surface area contributed by atoms with Crippen molar-refractivity contribution in [3.05, 3.63) is 75.3 Å². The minimum absolute atomic E-state index is 0.0282. The molecule has 3 fully saturated rings. The summed E-state index contributed by atoms with van der Waals surface area (Å²) in [7, 11) is 0. The van der Waals surface area contributed by atoms with Crippen LogP contribution in [0.25, 0.3) is 17.1 Å². The van der Waals surface area contributed by atoms with Gasteiger partial charge >= 0.3 is 0 Å². The van der Waals surface area contributed by atoms with Crippen LogP contribution in [-0.2, 0) is 0 Å². The zero-order valence-electron chi connectivity index (χ0n) is 19.8. The van der Waals surface area contributed by atoms with Crippen LogP contribution in [-0.4, -0.2) is 35.7 Å². The van der Waals surface area contributed by atoms with Crippen molar-refractivity contribution in [2.45, 2.75) is 32.1 Å². The number of benzene rings is 2. The zero-order valence-corrected chi connectivity index (χ0v) is 19.8. The number of hydrogen-bond donors (Lipinski definition) is 1. The van der Waals surface area contributed by atoms with Crippen LogP contribution in [0.3, 0.4) is 0 Å². The Morgan fingerprint density at radius 1 is 1.09 bits per heavy atom. The number of halogens is 1. The van der Waals surface area contributed by atoms with Gasteiger partial charge in [-0.25, -0.2) is 9.37 Å². The molecule has 35 heavy (non-hydrogen) atoms. The highest BCUT2D eigenvalue weighted by Crippen LogP contribution is 2.40. The van der Waals surface area contributed by atoms with Gasteiger partial charge in [0.2, 0.25) is 0 Å². The van der Waals surface area contributed by atoms with Gasteiger partial charge in [-0.05, 0) is 92.9 Å². The number of hydrogen-bond acceptors (Lipinski definition) is 5. The Morgan fingerprint density at radius 3 is 2.57 bits per heavy atom. The maximum atomic E-state index is 14.6. The lowest BCUT2D eigenvalue weighted by Gasteiger charge is -2.36. The summed E-state index contributed by atoms with van der Waals surface area (Å²) in [5.41, 5.74) is 2.88. The number of aromatic nitrogens is 2. The van der Waals surface area contributed by atoms with Gasteiger partial charge in [0.25, 0.3) is 5.56 Å². The van der Waals surface area contributed by atoms with Crippen molar-refractivity contribution in [1.29, 1.82) is 5.26 Å². The van der Waals surface area contributed by atoms with Crippen molar-refractivity contribution in [2.75, 3.05) is 31.1 Å². The Bertz CT molecular complexity index is 1390. The Balaban J connectivity index is 1.49. The fourth-order valence-corrected chi connectivity index (χ4v) is 5.62. The molecule has 3 heterocycles. The molecule has 1 aliphatic carbocycles. The lowest BCUT2D eigenvalue weighted by Crippen LogP contribution is -2.42. The van der Waals surface area contributed by atoms with E-state index in [1.54, 1.807) is 10.6 Å². The summed E-state index contributed by atoms with van der Waals surface area (Å²) >= 11 is 0. The van der Waals surface area contributed by atoms with Gasteiger partial charge < -0.3 is 10.2 Å². The molecule has 0 radical (unpaired) electrons. The van der Waals surface area contributed by atoms with Crippen LogP contribution in [0.15, 0.2) is 47.3 Å². The van der Waals surface area contributed by atoms with Crippen LogP contribution in [0.4, 0.5) is 10.2 Å². The first-order valence-corrected chi connectivity index (χ1v) is 12.4. The number of nitrogens with one attached hydrogen (secondary N) is 1. The van der Waals surface area contributed by atoms with Gasteiger partial charge in [0.05, 0.1) is 16.8 Å². The average molecular weight is 470 g/mol. The fraction of sp³-hybridized carbons (Fsp3) is 0.393. The van der Waals surface area contributed by atoms with Crippen LogP contribution in [0.2, 0.25) is 0 Å². The molecule has 2 aliphatic heterocycles. The van der Waals surface area contributed by atoms with E-state index in [1.807, 2.05) is 25.1 Å². The molecule has 3 aromatic rings. The maximum absolute atomic E-state index is 14.6. The predicted octanol–water partition coefficient (Wildman–Crippen LogP) is 4.14. The first kappa shape index (κ1) is 22.0. The molecule has 2 unspecified atom stereocenters. The summed E-state index contributed by atoms with van der Waals surface area (Å²) in [5.74, 6) is 2.27. The van der Waals surface area contributed by atoms with E-state index in [0.717, 1.165) is 32.6 Å². The molecular formula is C28H28FN5O. The van der Waals surface area contributed by atoms with Crippen LogP contribution in [0.1, 0.15) is 41.9 Å². The Morgan fingerprint density at radius 2 is 1.86 bits per heavy atom. The van der Waals surface area contributed by atoms with Crippen LogP contribution < -0.4 is 15.8 Å². The minimum atomic E-state index is -0.616. The van der Waals surface area contributed by atoms with E-state index in [2.05, 4.69) is 22.3 Å². The third kappa shape index (κ3) is 3.92. The van der Waals surface area contributed by atoms with Crippen molar-refractivity contribution >= 4 is 5.82 Å². The number of fused-ring (bicyclic) bond motifs is 1. The van der Waals surface area contributed by atoms with Crippen molar-refractivity contribution in [3.8, 4) is 23.1 Å². The van der Waals surface area contributed by atoms with Crippen molar-refractivity contribution < 1.29 is 4.39 Å². The number of piperidine rings is 1. The average Bonchev–Trinajstić information content (AvgIpc) is 3.62. The molecule has 1 saturated carbocycles. The van der Waals surface area contributed by atoms with Gasteiger partial charge in [-0.1, -0.05) is 12.1 Å². The zero-order chi connectivity index (χ0) is 24.1. The lowest BCUT2D eigenvalue weighted by molar-refractivity contribution is 0.347. The molecule has 1 N–H and O–H groups in total. The van der Waals surface area contributed by atoms with E-state index >= 15 is 0 Å². The molecule has 7 heteroatoms. The Hall–Kier alpha value is -3.50. The lowest BCUT2D eigenvalue weighted by atomic mass is 9.88. The molecule has 6 rings (SSSR count). The molecule has 3 aliphatic rings. The molecule has 0 amide bonds. The van der Waals surface area contributed by atoms with E-state index in [9.17, 15) is 14.4 Å². The summed E-state index contributed by atoms with van der Waals surface area (Å²) < 4.78 is 16.2. The number of nitriles is 1. The van der Waals surface area contributed by atoms with Gasteiger partial charge in [0, 0.05) is 18.7 Å². The third-order valence-electron chi connectivity index (χ3n) is 7.83. The summed E-state index contributed by atoms with van der Waals surface area (Å²) in [6.45, 7) is 5.57. The molecule has 2 aromatic carbocycles. The maximum Gasteiger partial charge on any atom is 0.263 e. The monoisotopic (exact) mass is 469 g/mol. The second-order valence-electron chi connectivity index (χ2n) is 10.1. The Labute approximate surface area is 204 Å². The molecule has 0 spiro atoms. The van der Waals surface area contributed by atoms with Crippen molar-refractivity contribution in [2.24, 2.45) is 11.8 Å². The fourth-order valence-electron chi connectivity index (χ4n) is 5.62. The molecule has 2 saturated heterocycles. The van der Waals surface area contributed by atoms with Crippen LogP contribution in [0.5, 0.6) is 0 Å². The first-order valence-electron chi connectivity index (χ1n) is 12.4. The molecule has 6 nitrogen and oxygen atoms in total. The number of anilines is 1. The van der Waals surface area contributed by atoms with E-state index in [-0.39, 0.29) is 11.1 Å². The number of rotatable bonds is 4. The molecular weight excluding hydrogens is 441 g/mol. The second kappa shape index (κ2) is 8.62. The molecule has 178 valence electrons. The van der Waals surface area contributed by atoms with Gasteiger partial charge in [0.1, 0.15) is 23.5 Å². The standard InChI is InChI=1S/C28H28FN5O/c1-17-26(33-11-10-22-14-31-15-23(22)16-33)32-27(20-4-5-21(13-30)25(29)12-20)34(28(17)35)24-8-6-19(7-9-24)18-2-3-18/h4-9,12,18,22-23,31H,2-3,10-11,14-16H2,1H3. The van der Waals surface area contributed by atoms with E-state index in [1.165, 1.54) is 30.5 Å². The quantitative estimate of drug-likeness (QED) is 0.622.